The number of aromatic hydroxyl groups is 2. The van der Waals surface area contributed by atoms with E-state index in [-0.39, 0.29) is 11.5 Å². The molecule has 0 aliphatic heterocycles. The average Bonchev–Trinajstić information content (AvgIpc) is 2.09. The molecule has 1 aromatic carbocycles. The molecule has 0 saturated carbocycles. The van der Waals surface area contributed by atoms with E-state index < -0.39 is 0 Å². The Morgan fingerprint density at radius 2 is 2.08 bits per heavy atom. The van der Waals surface area contributed by atoms with Crippen LogP contribution in [0.15, 0.2) is 17.0 Å². The molecule has 4 heteroatoms. The summed E-state index contributed by atoms with van der Waals surface area (Å²) in [4.78, 5) is 0.683. The molecule has 0 heterocycles. The molecule has 0 unspecified atom stereocenters. The Hall–Kier alpha value is -0.870. The summed E-state index contributed by atoms with van der Waals surface area (Å²) in [6.07, 6.45) is 0. The number of hydrogen-bond donors (Lipinski definition) is 3. The zero-order chi connectivity index (χ0) is 9.84. The van der Waals surface area contributed by atoms with Crippen LogP contribution in [-0.2, 0) is 0 Å². The highest BCUT2D eigenvalue weighted by molar-refractivity contribution is 7.99. The summed E-state index contributed by atoms with van der Waals surface area (Å²) in [6, 6.07) is 3.36. The molecule has 0 aliphatic carbocycles. The van der Waals surface area contributed by atoms with Gasteiger partial charge in [0.2, 0.25) is 0 Å². The van der Waals surface area contributed by atoms with E-state index in [0.717, 1.165) is 11.3 Å². The molecule has 0 amide bonds. The number of phenolic OH excluding ortho intramolecular Hbond substituents is 2. The van der Waals surface area contributed by atoms with Crippen molar-refractivity contribution in [1.29, 1.82) is 0 Å². The highest BCUT2D eigenvalue weighted by Crippen LogP contribution is 2.36. The molecule has 72 valence electrons. The van der Waals surface area contributed by atoms with Crippen molar-refractivity contribution in [3.63, 3.8) is 0 Å². The summed E-state index contributed by atoms with van der Waals surface area (Å²) in [5.41, 5.74) is 6.26. The fourth-order valence-electron chi connectivity index (χ4n) is 1.01. The van der Waals surface area contributed by atoms with E-state index in [2.05, 4.69) is 0 Å². The van der Waals surface area contributed by atoms with Gasteiger partial charge in [0.15, 0.2) is 11.5 Å². The molecule has 4 N–H and O–H groups in total. The van der Waals surface area contributed by atoms with Gasteiger partial charge in [-0.05, 0) is 24.6 Å². The minimum Gasteiger partial charge on any atom is -0.504 e. The first kappa shape index (κ1) is 10.2. The summed E-state index contributed by atoms with van der Waals surface area (Å²) < 4.78 is 0. The molecule has 0 fully saturated rings. The molecule has 3 nitrogen and oxygen atoms in total. The normalized spacial score (nSPS) is 10.3. The van der Waals surface area contributed by atoms with Gasteiger partial charge in [-0.2, -0.15) is 0 Å². The average molecular weight is 199 g/mol. The molecule has 0 spiro atoms. The van der Waals surface area contributed by atoms with Crippen LogP contribution in [0.3, 0.4) is 0 Å². The standard InChI is InChI=1S/C9H13NO2S/c1-6-4-7(11)9(12)8(5-6)13-3-2-10/h4-5,11-12H,2-3,10H2,1H3. The van der Waals surface area contributed by atoms with Crippen molar-refractivity contribution in [2.75, 3.05) is 12.3 Å². The SMILES string of the molecule is Cc1cc(O)c(O)c(SCCN)c1. The van der Waals surface area contributed by atoms with Gasteiger partial charge in [-0.1, -0.05) is 0 Å². The minimum absolute atomic E-state index is 0.0518. The lowest BCUT2D eigenvalue weighted by molar-refractivity contribution is 0.394. The van der Waals surface area contributed by atoms with Crippen LogP contribution >= 0.6 is 11.8 Å². The maximum atomic E-state index is 9.44. The van der Waals surface area contributed by atoms with E-state index in [9.17, 15) is 10.2 Å². The number of hydrogen-bond acceptors (Lipinski definition) is 4. The zero-order valence-corrected chi connectivity index (χ0v) is 8.27. The summed E-state index contributed by atoms with van der Waals surface area (Å²) in [5.74, 6) is 0.611. The second kappa shape index (κ2) is 4.39. The number of aryl methyl sites for hydroxylation is 1. The van der Waals surface area contributed by atoms with Crippen molar-refractivity contribution in [2.24, 2.45) is 5.73 Å². The van der Waals surface area contributed by atoms with Gasteiger partial charge in [-0.25, -0.2) is 0 Å². The Morgan fingerprint density at radius 3 is 2.69 bits per heavy atom. The third-order valence-electron chi connectivity index (χ3n) is 1.57. The van der Waals surface area contributed by atoms with Crippen LogP contribution in [0, 0.1) is 6.92 Å². The first-order valence-electron chi connectivity index (χ1n) is 4.00. The molecule has 0 atom stereocenters. The predicted octanol–water partition coefficient (Wildman–Crippen LogP) is 1.46. The molecule has 1 rings (SSSR count). The van der Waals surface area contributed by atoms with Crippen LogP contribution in [0.2, 0.25) is 0 Å². The Kier molecular flexibility index (Phi) is 3.45. The van der Waals surface area contributed by atoms with Gasteiger partial charge in [-0.3, -0.25) is 0 Å². The molecule has 13 heavy (non-hydrogen) atoms. The Bertz CT molecular complexity index is 302. The number of phenols is 2. The second-order valence-electron chi connectivity index (χ2n) is 2.77. The van der Waals surface area contributed by atoms with Crippen LogP contribution < -0.4 is 5.73 Å². The van der Waals surface area contributed by atoms with Crippen molar-refractivity contribution in [1.82, 2.24) is 0 Å². The Labute approximate surface area is 81.6 Å². The van der Waals surface area contributed by atoms with E-state index >= 15 is 0 Å². The van der Waals surface area contributed by atoms with Crippen molar-refractivity contribution in [3.8, 4) is 11.5 Å². The van der Waals surface area contributed by atoms with E-state index in [1.807, 2.05) is 13.0 Å². The van der Waals surface area contributed by atoms with Crippen molar-refractivity contribution >= 4 is 11.8 Å². The number of rotatable bonds is 3. The zero-order valence-electron chi connectivity index (χ0n) is 7.45. The first-order valence-corrected chi connectivity index (χ1v) is 4.99. The molecule has 0 aromatic heterocycles. The topological polar surface area (TPSA) is 66.5 Å². The van der Waals surface area contributed by atoms with Gasteiger partial charge in [0.1, 0.15) is 0 Å². The second-order valence-corrected chi connectivity index (χ2v) is 3.90. The van der Waals surface area contributed by atoms with E-state index in [0.29, 0.717) is 11.4 Å². The molecule has 1 aromatic rings. The maximum Gasteiger partial charge on any atom is 0.171 e. The fraction of sp³-hybridized carbons (Fsp3) is 0.333. The van der Waals surface area contributed by atoms with Crippen LogP contribution in [0.1, 0.15) is 5.56 Å². The van der Waals surface area contributed by atoms with Crippen molar-refractivity contribution in [3.05, 3.63) is 17.7 Å². The van der Waals surface area contributed by atoms with Gasteiger partial charge in [-0.15, -0.1) is 11.8 Å². The summed E-state index contributed by atoms with van der Waals surface area (Å²) in [6.45, 7) is 2.42. The van der Waals surface area contributed by atoms with Gasteiger partial charge in [0.05, 0.1) is 4.90 Å². The van der Waals surface area contributed by atoms with E-state index in [1.54, 1.807) is 0 Å². The third-order valence-corrected chi connectivity index (χ3v) is 2.64. The lowest BCUT2D eigenvalue weighted by atomic mass is 10.2. The molecular formula is C9H13NO2S. The van der Waals surface area contributed by atoms with Crippen molar-refractivity contribution < 1.29 is 10.2 Å². The summed E-state index contributed by atoms with van der Waals surface area (Å²) in [7, 11) is 0. The number of nitrogens with two attached hydrogens (primary N) is 1. The molecule has 0 saturated heterocycles. The van der Waals surface area contributed by atoms with E-state index in [1.165, 1.54) is 17.8 Å². The van der Waals surface area contributed by atoms with Crippen LogP contribution in [0.25, 0.3) is 0 Å². The van der Waals surface area contributed by atoms with Gasteiger partial charge in [0, 0.05) is 12.3 Å². The highest BCUT2D eigenvalue weighted by atomic mass is 32.2. The lowest BCUT2D eigenvalue weighted by Gasteiger charge is -2.06. The van der Waals surface area contributed by atoms with Crippen LogP contribution in [0.4, 0.5) is 0 Å². The van der Waals surface area contributed by atoms with Gasteiger partial charge < -0.3 is 15.9 Å². The van der Waals surface area contributed by atoms with Gasteiger partial charge >= 0.3 is 0 Å². The summed E-state index contributed by atoms with van der Waals surface area (Å²) >= 11 is 1.44. The molecule has 0 bridgehead atoms. The smallest absolute Gasteiger partial charge is 0.171 e. The highest BCUT2D eigenvalue weighted by Gasteiger charge is 2.07. The fourth-order valence-corrected chi connectivity index (χ4v) is 1.85. The number of thioether (sulfide) groups is 1. The van der Waals surface area contributed by atoms with E-state index in [4.69, 9.17) is 5.73 Å². The van der Waals surface area contributed by atoms with Crippen LogP contribution in [-0.4, -0.2) is 22.5 Å². The summed E-state index contributed by atoms with van der Waals surface area (Å²) in [5, 5.41) is 18.7. The molecular weight excluding hydrogens is 186 g/mol. The Morgan fingerprint density at radius 1 is 1.38 bits per heavy atom. The largest absolute Gasteiger partial charge is 0.504 e. The molecule has 0 radical (unpaired) electrons. The molecule has 0 aliphatic rings. The maximum absolute atomic E-state index is 9.44. The monoisotopic (exact) mass is 199 g/mol. The van der Waals surface area contributed by atoms with Crippen LogP contribution in [0.5, 0.6) is 11.5 Å². The Balaban J connectivity index is 2.92. The predicted molar refractivity (Wildman–Crippen MR) is 54.3 cm³/mol. The van der Waals surface area contributed by atoms with Crippen molar-refractivity contribution in [2.45, 2.75) is 11.8 Å². The lowest BCUT2D eigenvalue weighted by Crippen LogP contribution is -2.00. The number of benzene rings is 1. The minimum atomic E-state index is -0.0699. The third kappa shape index (κ3) is 2.54. The first-order chi connectivity index (χ1) is 6.15. The quantitative estimate of drug-likeness (QED) is 0.509. The van der Waals surface area contributed by atoms with Gasteiger partial charge in [0.25, 0.3) is 0 Å².